The maximum Gasteiger partial charge on any atom is 0.242 e. The number of carbonyl (C=O) groups is 2. The number of hydrogen-bond acceptors (Lipinski definition) is 5. The van der Waals surface area contributed by atoms with Gasteiger partial charge in [0.2, 0.25) is 11.8 Å². The van der Waals surface area contributed by atoms with E-state index in [-0.39, 0.29) is 11.7 Å². The van der Waals surface area contributed by atoms with Crippen LogP contribution in [0.3, 0.4) is 0 Å². The van der Waals surface area contributed by atoms with Gasteiger partial charge in [0, 0.05) is 11.3 Å². The van der Waals surface area contributed by atoms with Crippen molar-refractivity contribution in [3.8, 4) is 17.1 Å². The predicted octanol–water partition coefficient (Wildman–Crippen LogP) is 2.80. The molecule has 0 spiro atoms. The highest BCUT2D eigenvalue weighted by molar-refractivity contribution is 7.99. The van der Waals surface area contributed by atoms with E-state index in [9.17, 15) is 9.59 Å². The van der Waals surface area contributed by atoms with Crippen molar-refractivity contribution >= 4 is 23.6 Å². The molecule has 3 rings (SSSR count). The number of amides is 2. The molecule has 1 unspecified atom stereocenters. The molecule has 0 bridgehead atoms. The normalized spacial score (nSPS) is 12.9. The Morgan fingerprint density at radius 2 is 1.69 bits per heavy atom. The predicted molar refractivity (Wildman–Crippen MR) is 114 cm³/mol. The van der Waals surface area contributed by atoms with Gasteiger partial charge in [0.1, 0.15) is 5.54 Å². The van der Waals surface area contributed by atoms with Crippen molar-refractivity contribution in [2.24, 2.45) is 5.73 Å². The number of rotatable bonds is 8. The van der Waals surface area contributed by atoms with Crippen LogP contribution in [0.2, 0.25) is 0 Å². The van der Waals surface area contributed by atoms with Crippen LogP contribution in [0.5, 0.6) is 0 Å². The lowest BCUT2D eigenvalue weighted by atomic mass is 9.98. The van der Waals surface area contributed by atoms with E-state index in [4.69, 9.17) is 5.73 Å². The van der Waals surface area contributed by atoms with Crippen molar-refractivity contribution in [3.63, 3.8) is 0 Å². The van der Waals surface area contributed by atoms with Crippen molar-refractivity contribution in [1.82, 2.24) is 20.1 Å². The summed E-state index contributed by atoms with van der Waals surface area (Å²) in [7, 11) is 0. The first-order valence-corrected chi connectivity index (χ1v) is 10.2. The Labute approximate surface area is 173 Å². The van der Waals surface area contributed by atoms with Gasteiger partial charge < -0.3 is 11.1 Å². The summed E-state index contributed by atoms with van der Waals surface area (Å²) in [6, 6.07) is 19.5. The molecule has 8 heteroatoms. The number of carbonyl (C=O) groups excluding carboxylic acids is 2. The second-order valence-corrected chi connectivity index (χ2v) is 7.67. The number of nitrogens with zero attached hydrogens (tertiary/aromatic N) is 3. The number of nitrogens with two attached hydrogens (primary N) is 1. The molecule has 3 N–H and O–H groups in total. The Morgan fingerprint density at radius 3 is 2.28 bits per heavy atom. The first-order chi connectivity index (χ1) is 13.9. The minimum absolute atomic E-state index is 0.0859. The van der Waals surface area contributed by atoms with Crippen LogP contribution in [0.15, 0.2) is 65.8 Å². The number of benzene rings is 2. The molecular formula is C21H23N5O2S. The molecule has 0 aliphatic heterocycles. The van der Waals surface area contributed by atoms with Gasteiger partial charge in [-0.2, -0.15) is 0 Å². The number of hydrogen-bond donors (Lipinski definition) is 2. The average molecular weight is 410 g/mol. The van der Waals surface area contributed by atoms with E-state index in [0.29, 0.717) is 17.4 Å². The highest BCUT2D eigenvalue weighted by Gasteiger charge is 2.30. The van der Waals surface area contributed by atoms with Gasteiger partial charge in [-0.25, -0.2) is 0 Å². The van der Waals surface area contributed by atoms with Gasteiger partial charge in [-0.15, -0.1) is 10.2 Å². The summed E-state index contributed by atoms with van der Waals surface area (Å²) >= 11 is 1.25. The molecule has 0 saturated heterocycles. The van der Waals surface area contributed by atoms with Crippen molar-refractivity contribution in [2.45, 2.75) is 31.0 Å². The molecule has 0 radical (unpaired) electrons. The largest absolute Gasteiger partial charge is 0.368 e. The maximum atomic E-state index is 12.4. The molecule has 1 aromatic heterocycles. The maximum absolute atomic E-state index is 12.4. The smallest absolute Gasteiger partial charge is 0.242 e. The lowest BCUT2D eigenvalue weighted by molar-refractivity contribution is -0.129. The van der Waals surface area contributed by atoms with Crippen LogP contribution in [0, 0.1) is 0 Å². The van der Waals surface area contributed by atoms with Crippen molar-refractivity contribution in [3.05, 3.63) is 60.7 Å². The Kier molecular flexibility index (Phi) is 6.33. The Morgan fingerprint density at radius 1 is 1.07 bits per heavy atom. The van der Waals surface area contributed by atoms with Crippen LogP contribution < -0.4 is 11.1 Å². The molecule has 1 atom stereocenters. The molecule has 2 amide bonds. The van der Waals surface area contributed by atoms with Crippen molar-refractivity contribution in [1.29, 1.82) is 0 Å². The molecule has 7 nitrogen and oxygen atoms in total. The number of aromatic nitrogens is 3. The standard InChI is InChI=1S/C21H23N5O2S/c1-3-21(2,19(22)28)23-17(27)14-29-20-25-24-18(15-10-6-4-7-11-15)26(20)16-12-8-5-9-13-16/h4-13H,3,14H2,1-2H3,(H2,22,28)(H,23,27). The fourth-order valence-electron chi connectivity index (χ4n) is 2.75. The van der Waals surface area contributed by atoms with E-state index in [0.717, 1.165) is 11.3 Å². The van der Waals surface area contributed by atoms with Crippen LogP contribution in [-0.4, -0.2) is 37.9 Å². The fourth-order valence-corrected chi connectivity index (χ4v) is 3.50. The first-order valence-electron chi connectivity index (χ1n) is 9.24. The third-order valence-corrected chi connectivity index (χ3v) is 5.61. The molecule has 2 aromatic carbocycles. The van der Waals surface area contributed by atoms with Gasteiger partial charge in [-0.05, 0) is 25.5 Å². The molecule has 0 saturated carbocycles. The van der Waals surface area contributed by atoms with E-state index in [1.165, 1.54) is 11.8 Å². The summed E-state index contributed by atoms with van der Waals surface area (Å²) < 4.78 is 1.92. The van der Waals surface area contributed by atoms with Gasteiger partial charge in [0.15, 0.2) is 11.0 Å². The summed E-state index contributed by atoms with van der Waals surface area (Å²) in [4.78, 5) is 24.1. The van der Waals surface area contributed by atoms with Gasteiger partial charge >= 0.3 is 0 Å². The molecule has 3 aromatic rings. The summed E-state index contributed by atoms with van der Waals surface area (Å²) in [6.07, 6.45) is 0.414. The lowest BCUT2D eigenvalue weighted by Crippen LogP contribution is -2.55. The summed E-state index contributed by atoms with van der Waals surface area (Å²) in [5.41, 5.74) is 6.17. The third-order valence-electron chi connectivity index (χ3n) is 4.68. The monoisotopic (exact) mass is 409 g/mol. The van der Waals surface area contributed by atoms with Gasteiger partial charge in [0.05, 0.1) is 5.75 Å². The van der Waals surface area contributed by atoms with E-state index >= 15 is 0 Å². The van der Waals surface area contributed by atoms with Crippen molar-refractivity contribution < 1.29 is 9.59 Å². The number of nitrogens with one attached hydrogen (secondary N) is 1. The zero-order valence-corrected chi connectivity index (χ0v) is 17.1. The number of para-hydroxylation sites is 1. The Balaban J connectivity index is 1.86. The summed E-state index contributed by atoms with van der Waals surface area (Å²) in [5, 5.41) is 11.9. The van der Waals surface area contributed by atoms with E-state index in [1.807, 2.05) is 65.2 Å². The van der Waals surface area contributed by atoms with Crippen LogP contribution in [0.4, 0.5) is 0 Å². The average Bonchev–Trinajstić information content (AvgIpc) is 3.17. The number of thioether (sulfide) groups is 1. The molecule has 1 heterocycles. The van der Waals surface area contributed by atoms with E-state index in [1.54, 1.807) is 13.8 Å². The van der Waals surface area contributed by atoms with E-state index in [2.05, 4.69) is 15.5 Å². The number of primary amides is 1. The molecule has 150 valence electrons. The minimum atomic E-state index is -1.07. The molecular weight excluding hydrogens is 386 g/mol. The van der Waals surface area contributed by atoms with Crippen LogP contribution in [0.25, 0.3) is 17.1 Å². The quantitative estimate of drug-likeness (QED) is 0.557. The topological polar surface area (TPSA) is 103 Å². The van der Waals surface area contributed by atoms with Crippen LogP contribution in [0.1, 0.15) is 20.3 Å². The summed E-state index contributed by atoms with van der Waals surface area (Å²) in [6.45, 7) is 3.42. The summed E-state index contributed by atoms with van der Waals surface area (Å²) in [5.74, 6) is -0.0720. The fraction of sp³-hybridized carbons (Fsp3) is 0.238. The minimum Gasteiger partial charge on any atom is -0.368 e. The zero-order chi connectivity index (χ0) is 20.9. The molecule has 0 aliphatic carbocycles. The third kappa shape index (κ3) is 4.65. The first kappa shape index (κ1) is 20.6. The highest BCUT2D eigenvalue weighted by Crippen LogP contribution is 2.27. The van der Waals surface area contributed by atoms with Gasteiger partial charge in [0.25, 0.3) is 0 Å². The van der Waals surface area contributed by atoms with Crippen LogP contribution in [-0.2, 0) is 9.59 Å². The second-order valence-electron chi connectivity index (χ2n) is 6.73. The van der Waals surface area contributed by atoms with Crippen molar-refractivity contribution in [2.75, 3.05) is 5.75 Å². The highest BCUT2D eigenvalue weighted by atomic mass is 32.2. The molecule has 0 aliphatic rings. The lowest BCUT2D eigenvalue weighted by Gasteiger charge is -2.25. The SMILES string of the molecule is CCC(C)(NC(=O)CSc1nnc(-c2ccccc2)n1-c1ccccc1)C(N)=O. The Hall–Kier alpha value is -3.13. The molecule has 29 heavy (non-hydrogen) atoms. The van der Waals surface area contributed by atoms with E-state index < -0.39 is 11.4 Å². The van der Waals surface area contributed by atoms with Crippen LogP contribution >= 0.6 is 11.8 Å². The van der Waals surface area contributed by atoms with Gasteiger partial charge in [-0.1, -0.05) is 67.2 Å². The zero-order valence-electron chi connectivity index (χ0n) is 16.3. The Bertz CT molecular complexity index is 991. The van der Waals surface area contributed by atoms with Gasteiger partial charge in [-0.3, -0.25) is 14.2 Å². The second kappa shape index (κ2) is 8.91. The molecule has 0 fully saturated rings.